The van der Waals surface area contributed by atoms with Gasteiger partial charge in [0, 0.05) is 17.4 Å². The largest absolute Gasteiger partial charge is 0.300 e. The monoisotopic (exact) mass is 426 g/mol. The summed E-state index contributed by atoms with van der Waals surface area (Å²) in [6, 6.07) is 11.1. The summed E-state index contributed by atoms with van der Waals surface area (Å²) in [7, 11) is 0. The fourth-order valence-electron chi connectivity index (χ4n) is 2.93. The lowest BCUT2D eigenvalue weighted by Crippen LogP contribution is -2.29. The van der Waals surface area contributed by atoms with E-state index in [0.717, 1.165) is 11.1 Å². The molecular weight excluding hydrogens is 410 g/mol. The molecule has 0 saturated carbocycles. The SMILES string of the molecule is Cc1nnnn1C(Cc1ccc(F)cc1)C(=O)Nc1nc(-c2ccc(F)cc2)cs1. The average Bonchev–Trinajstić information content (AvgIpc) is 3.37. The fourth-order valence-corrected chi connectivity index (χ4v) is 3.66. The van der Waals surface area contributed by atoms with Crippen molar-refractivity contribution in [2.24, 2.45) is 0 Å². The summed E-state index contributed by atoms with van der Waals surface area (Å²) in [5, 5.41) is 16.4. The first-order valence-corrected chi connectivity index (χ1v) is 9.89. The lowest BCUT2D eigenvalue weighted by Gasteiger charge is -2.16. The molecule has 0 spiro atoms. The van der Waals surface area contributed by atoms with Crippen LogP contribution in [0.2, 0.25) is 0 Å². The van der Waals surface area contributed by atoms with Gasteiger partial charge in [-0.15, -0.1) is 16.4 Å². The van der Waals surface area contributed by atoms with Gasteiger partial charge in [-0.05, 0) is 59.3 Å². The highest BCUT2D eigenvalue weighted by Gasteiger charge is 2.25. The van der Waals surface area contributed by atoms with Crippen molar-refractivity contribution in [1.82, 2.24) is 25.2 Å². The van der Waals surface area contributed by atoms with E-state index in [1.54, 1.807) is 36.6 Å². The number of hydrogen-bond acceptors (Lipinski definition) is 6. The van der Waals surface area contributed by atoms with Crippen molar-refractivity contribution in [3.63, 3.8) is 0 Å². The molecule has 0 bridgehead atoms. The van der Waals surface area contributed by atoms with Crippen LogP contribution < -0.4 is 5.32 Å². The molecule has 2 aromatic heterocycles. The molecule has 10 heteroatoms. The second-order valence-corrected chi connectivity index (χ2v) is 7.41. The number of thiazole rings is 1. The Hall–Kier alpha value is -3.53. The first-order chi connectivity index (χ1) is 14.5. The van der Waals surface area contributed by atoms with Crippen molar-refractivity contribution in [2.45, 2.75) is 19.4 Å². The van der Waals surface area contributed by atoms with E-state index >= 15 is 0 Å². The third-order valence-electron chi connectivity index (χ3n) is 4.47. The number of rotatable bonds is 6. The molecule has 1 N–H and O–H groups in total. The summed E-state index contributed by atoms with van der Waals surface area (Å²) in [6.45, 7) is 1.70. The molecule has 0 aliphatic heterocycles. The predicted molar refractivity (Wildman–Crippen MR) is 108 cm³/mol. The molecule has 2 heterocycles. The van der Waals surface area contributed by atoms with Crippen molar-refractivity contribution in [3.8, 4) is 11.3 Å². The van der Waals surface area contributed by atoms with Crippen LogP contribution in [0.1, 0.15) is 17.4 Å². The molecule has 4 aromatic rings. The van der Waals surface area contributed by atoms with Crippen LogP contribution in [-0.2, 0) is 11.2 Å². The van der Waals surface area contributed by atoms with Crippen LogP contribution in [0.25, 0.3) is 11.3 Å². The van der Waals surface area contributed by atoms with Gasteiger partial charge in [0.15, 0.2) is 5.13 Å². The van der Waals surface area contributed by atoms with Crippen molar-refractivity contribution in [2.75, 3.05) is 5.32 Å². The summed E-state index contributed by atoms with van der Waals surface area (Å²) in [4.78, 5) is 17.4. The molecule has 0 aliphatic rings. The van der Waals surface area contributed by atoms with Crippen molar-refractivity contribution >= 4 is 22.4 Å². The Morgan fingerprint density at radius 2 is 1.77 bits per heavy atom. The number of aryl methyl sites for hydroxylation is 1. The summed E-state index contributed by atoms with van der Waals surface area (Å²) in [5.41, 5.74) is 2.13. The molecule has 7 nitrogen and oxygen atoms in total. The lowest BCUT2D eigenvalue weighted by molar-refractivity contribution is -0.119. The molecule has 4 rings (SSSR count). The zero-order valence-corrected chi connectivity index (χ0v) is 16.6. The van der Waals surface area contributed by atoms with Crippen LogP contribution in [0.4, 0.5) is 13.9 Å². The van der Waals surface area contributed by atoms with Gasteiger partial charge in [0.25, 0.3) is 5.91 Å². The van der Waals surface area contributed by atoms with Gasteiger partial charge >= 0.3 is 0 Å². The van der Waals surface area contributed by atoms with Crippen LogP contribution in [0.3, 0.4) is 0 Å². The topological polar surface area (TPSA) is 85.6 Å². The quantitative estimate of drug-likeness (QED) is 0.507. The average molecular weight is 426 g/mol. The minimum atomic E-state index is -0.747. The number of halogens is 2. The highest BCUT2D eigenvalue weighted by Crippen LogP contribution is 2.26. The number of nitrogens with one attached hydrogen (secondary N) is 1. The second-order valence-electron chi connectivity index (χ2n) is 6.55. The van der Waals surface area contributed by atoms with Crippen molar-refractivity contribution in [1.29, 1.82) is 0 Å². The smallest absolute Gasteiger partial charge is 0.251 e. The van der Waals surface area contributed by atoms with E-state index < -0.39 is 6.04 Å². The highest BCUT2D eigenvalue weighted by atomic mass is 32.1. The maximum absolute atomic E-state index is 13.2. The number of amides is 1. The maximum atomic E-state index is 13.2. The Balaban J connectivity index is 1.55. The van der Waals surface area contributed by atoms with E-state index in [2.05, 4.69) is 25.8 Å². The molecule has 2 aromatic carbocycles. The summed E-state index contributed by atoms with van der Waals surface area (Å²) in [5.74, 6) is -0.560. The Morgan fingerprint density at radius 3 is 2.40 bits per heavy atom. The summed E-state index contributed by atoms with van der Waals surface area (Å²) < 4.78 is 27.8. The summed E-state index contributed by atoms with van der Waals surface area (Å²) in [6.07, 6.45) is 0.272. The third-order valence-corrected chi connectivity index (χ3v) is 5.23. The molecule has 1 unspecified atom stereocenters. The van der Waals surface area contributed by atoms with E-state index in [1.807, 2.05) is 0 Å². The van der Waals surface area contributed by atoms with Crippen LogP contribution in [-0.4, -0.2) is 31.1 Å². The van der Waals surface area contributed by atoms with E-state index in [4.69, 9.17) is 0 Å². The van der Waals surface area contributed by atoms with Crippen LogP contribution >= 0.6 is 11.3 Å². The Kier molecular flexibility index (Phi) is 5.57. The van der Waals surface area contributed by atoms with Gasteiger partial charge in [0.1, 0.15) is 23.5 Å². The number of carbonyl (C=O) groups excluding carboxylic acids is 1. The molecule has 1 amide bonds. The van der Waals surface area contributed by atoms with Crippen LogP contribution in [0.5, 0.6) is 0 Å². The second kappa shape index (κ2) is 8.46. The Labute approximate surface area is 174 Å². The third kappa shape index (κ3) is 4.38. The first-order valence-electron chi connectivity index (χ1n) is 9.01. The molecule has 1 atom stereocenters. The van der Waals surface area contributed by atoms with Gasteiger partial charge in [0.2, 0.25) is 0 Å². The number of tetrazole rings is 1. The molecule has 30 heavy (non-hydrogen) atoms. The number of anilines is 1. The maximum Gasteiger partial charge on any atom is 0.251 e. The van der Waals surface area contributed by atoms with Gasteiger partial charge in [-0.1, -0.05) is 12.1 Å². The van der Waals surface area contributed by atoms with Crippen molar-refractivity contribution < 1.29 is 13.6 Å². The molecule has 152 valence electrons. The molecule has 0 aliphatic carbocycles. The van der Waals surface area contributed by atoms with Gasteiger partial charge in [-0.2, -0.15) is 0 Å². The standard InChI is InChI=1S/C20H16F2N6OS/c1-12-25-26-27-28(12)18(10-13-2-6-15(21)7-3-13)19(29)24-20-23-17(11-30-20)14-4-8-16(22)9-5-14/h2-9,11,18H,10H2,1H3,(H,23,24,29). The predicted octanol–water partition coefficient (Wildman–Crippen LogP) is 3.81. The Bertz CT molecular complexity index is 1160. The number of benzene rings is 2. The van der Waals surface area contributed by atoms with Gasteiger partial charge in [0.05, 0.1) is 5.69 Å². The van der Waals surface area contributed by atoms with Gasteiger partial charge < -0.3 is 5.32 Å². The zero-order valence-electron chi connectivity index (χ0n) is 15.8. The molecule has 0 radical (unpaired) electrons. The molecular formula is C20H16F2N6OS. The number of carbonyl (C=O) groups is 1. The molecule has 0 saturated heterocycles. The van der Waals surface area contributed by atoms with Gasteiger partial charge in [-0.3, -0.25) is 4.79 Å². The highest BCUT2D eigenvalue weighted by molar-refractivity contribution is 7.14. The lowest BCUT2D eigenvalue weighted by atomic mass is 10.1. The Morgan fingerprint density at radius 1 is 1.10 bits per heavy atom. The van der Waals surface area contributed by atoms with Crippen LogP contribution in [0.15, 0.2) is 53.9 Å². The minimum Gasteiger partial charge on any atom is -0.300 e. The van der Waals surface area contributed by atoms with E-state index in [0.29, 0.717) is 16.6 Å². The number of hydrogen-bond donors (Lipinski definition) is 1. The van der Waals surface area contributed by atoms with E-state index in [-0.39, 0.29) is 24.0 Å². The number of nitrogens with zero attached hydrogens (tertiary/aromatic N) is 5. The summed E-state index contributed by atoms with van der Waals surface area (Å²) >= 11 is 1.26. The normalized spacial score (nSPS) is 12.0. The molecule has 0 fully saturated rings. The van der Waals surface area contributed by atoms with Crippen LogP contribution in [0, 0.1) is 18.6 Å². The van der Waals surface area contributed by atoms with E-state index in [1.165, 1.54) is 40.3 Å². The number of aromatic nitrogens is 5. The fraction of sp³-hybridized carbons (Fsp3) is 0.150. The van der Waals surface area contributed by atoms with E-state index in [9.17, 15) is 13.6 Å². The zero-order chi connectivity index (χ0) is 21.1. The minimum absolute atomic E-state index is 0.272. The first kappa shape index (κ1) is 19.8. The van der Waals surface area contributed by atoms with Crippen molar-refractivity contribution in [3.05, 3.63) is 76.9 Å². The van der Waals surface area contributed by atoms with Gasteiger partial charge in [-0.25, -0.2) is 18.4 Å².